The van der Waals surface area contributed by atoms with Crippen LogP contribution in [0.2, 0.25) is 10.3 Å². The quantitative estimate of drug-likeness (QED) is 0.0170. The Kier molecular flexibility index (Phi) is 29.1. The summed E-state index contributed by atoms with van der Waals surface area (Å²) in [6, 6.07) is 10.7. The Morgan fingerprint density at radius 3 is 2.13 bits per heavy atom. The molecule has 0 aliphatic rings. The standard InChI is InChI=1S/C19H15ClF3NO7.C15H22ClNO2.C8H14ClN5.C5H12NO4P/c1-3-29-17(25)10(2)30-18(26)13-9-12(5-6-15(13)24(27)28)31-16-7-4-11(8-14(16)20)19(21,22)23;1-5-13-8-6-7-11(2)15(13)17(14(18)9-16)12(3)10-19-4;1-4-10-7-12-6(9)13-8(14-7)11-5(2)3;1-11(9,10)3-2-4(6)5(7)8/h4-10H,3H2,1-2H3;6-8,12H,5,9-10H2,1-4H3;5H,4H2,1-3H3,(H2,10,11,12,13,14);4H,2-3,6H2,1H3,(H,7,8)(H,9,10). The van der Waals surface area contributed by atoms with E-state index >= 15 is 0 Å². The van der Waals surface area contributed by atoms with Crippen molar-refractivity contribution in [1.29, 1.82) is 0 Å². The number of carbonyl (C=O) groups excluding carboxylic acids is 3. The van der Waals surface area contributed by atoms with Gasteiger partial charge >= 0.3 is 24.1 Å². The number of carboxylic acids is 1. The summed E-state index contributed by atoms with van der Waals surface area (Å²) >= 11 is 17.3. The minimum absolute atomic E-state index is 0.0223. The van der Waals surface area contributed by atoms with Crippen molar-refractivity contribution in [2.24, 2.45) is 5.73 Å². The zero-order valence-corrected chi connectivity index (χ0v) is 46.0. The first-order chi connectivity index (χ1) is 34.9. The lowest BCUT2D eigenvalue weighted by Gasteiger charge is -2.31. The van der Waals surface area contributed by atoms with Crippen LogP contribution in [0.4, 0.5) is 36.4 Å². The van der Waals surface area contributed by atoms with Crippen molar-refractivity contribution < 1.29 is 70.8 Å². The van der Waals surface area contributed by atoms with E-state index in [1.54, 1.807) is 18.9 Å². The number of benzene rings is 3. The van der Waals surface area contributed by atoms with Gasteiger partial charge in [-0.15, -0.1) is 11.6 Å². The van der Waals surface area contributed by atoms with E-state index in [4.69, 9.17) is 69.5 Å². The van der Waals surface area contributed by atoms with Crippen LogP contribution in [0.5, 0.6) is 11.5 Å². The highest BCUT2D eigenvalue weighted by Gasteiger charge is 2.32. The number of nitrogens with zero attached hydrogens (tertiary/aromatic N) is 5. The number of aromatic nitrogens is 3. The number of hydrogen-bond acceptors (Lipinski definition) is 17. The SMILES string of the molecule is CCNc1nc(Cl)nc(NC(C)C)n1.CCOC(=O)C(C)OC(=O)c1cc(Oc2ccc(C(F)(F)F)cc2Cl)ccc1[N+](=O)[O-].CCc1cccc(C)c1N(C(=O)CCl)C(C)COC.CP(=O)(O)CCC(N)C(=O)O. The van der Waals surface area contributed by atoms with Gasteiger partial charge in [0.05, 0.1) is 40.5 Å². The van der Waals surface area contributed by atoms with Crippen LogP contribution in [0.25, 0.3) is 0 Å². The van der Waals surface area contributed by atoms with Crippen molar-refractivity contribution in [3.8, 4) is 11.5 Å². The highest BCUT2D eigenvalue weighted by atomic mass is 35.5. The predicted molar refractivity (Wildman–Crippen MR) is 280 cm³/mol. The number of aryl methyl sites for hydroxylation is 2. The van der Waals surface area contributed by atoms with Gasteiger partial charge in [-0.3, -0.25) is 24.3 Å². The fourth-order valence-corrected chi connectivity index (χ4v) is 7.32. The first-order valence-corrected chi connectivity index (χ1v) is 26.4. The highest BCUT2D eigenvalue weighted by Crippen LogP contribution is 2.38. The normalized spacial score (nSPS) is 12.8. The van der Waals surface area contributed by atoms with E-state index < -0.39 is 65.3 Å². The molecule has 4 unspecified atom stereocenters. The second-order valence-electron chi connectivity index (χ2n) is 16.2. The van der Waals surface area contributed by atoms with E-state index in [0.717, 1.165) is 60.1 Å². The predicted octanol–water partition coefficient (Wildman–Crippen LogP) is 9.80. The largest absolute Gasteiger partial charge is 0.480 e. The van der Waals surface area contributed by atoms with Crippen molar-refractivity contribution in [1.82, 2.24) is 15.0 Å². The van der Waals surface area contributed by atoms with Gasteiger partial charge in [0, 0.05) is 44.7 Å². The second kappa shape index (κ2) is 32.5. The van der Waals surface area contributed by atoms with Crippen molar-refractivity contribution in [2.45, 2.75) is 98.6 Å². The maximum absolute atomic E-state index is 12.8. The molecule has 416 valence electrons. The third-order valence-corrected chi connectivity index (χ3v) is 11.3. The maximum Gasteiger partial charge on any atom is 0.416 e. The maximum atomic E-state index is 12.8. The van der Waals surface area contributed by atoms with E-state index in [1.165, 1.54) is 13.6 Å². The van der Waals surface area contributed by atoms with E-state index in [-0.39, 0.29) is 64.9 Å². The Hall–Kier alpha value is -5.88. The molecule has 0 spiro atoms. The summed E-state index contributed by atoms with van der Waals surface area (Å²) in [5.74, 6) is -2.62. The number of esters is 2. The Bertz CT molecular complexity index is 2580. The Morgan fingerprint density at radius 1 is 0.987 bits per heavy atom. The molecule has 75 heavy (non-hydrogen) atoms. The number of rotatable bonds is 21. The van der Waals surface area contributed by atoms with Crippen LogP contribution in [0, 0.1) is 17.0 Å². The molecule has 0 saturated heterocycles. The van der Waals surface area contributed by atoms with Gasteiger partial charge in [-0.1, -0.05) is 36.7 Å². The average Bonchev–Trinajstić information content (AvgIpc) is 3.31. The van der Waals surface area contributed by atoms with E-state index in [2.05, 4.69) is 38.6 Å². The van der Waals surface area contributed by atoms with Crippen LogP contribution >= 0.6 is 42.2 Å². The number of anilines is 3. The number of amides is 1. The zero-order valence-electron chi connectivity index (χ0n) is 42.9. The Morgan fingerprint density at radius 2 is 1.63 bits per heavy atom. The Balaban J connectivity index is 0.000000545. The number of nitrogens with two attached hydrogens (primary N) is 1. The van der Waals surface area contributed by atoms with Gasteiger partial charge in [0.15, 0.2) is 13.5 Å². The molecule has 0 bridgehead atoms. The molecular weight excluding hydrogens is 1080 g/mol. The number of nitro benzene ring substituents is 1. The lowest BCUT2D eigenvalue weighted by atomic mass is 10.0. The molecule has 28 heteroatoms. The van der Waals surface area contributed by atoms with Crippen LogP contribution in [0.15, 0.2) is 54.6 Å². The number of carboxylic acid groups (broad SMARTS) is 1. The fraction of sp³-hybridized carbons (Fsp3) is 0.468. The van der Waals surface area contributed by atoms with Crippen LogP contribution in [-0.2, 0) is 45.8 Å². The monoisotopic (exact) mass is 1140 g/mol. The number of methoxy groups -OCH3 is 1. The van der Waals surface area contributed by atoms with Crippen LogP contribution in [-0.4, -0.2) is 123 Å². The molecule has 1 aromatic heterocycles. The van der Waals surface area contributed by atoms with Gasteiger partial charge in [-0.2, -0.15) is 28.1 Å². The number of halogens is 6. The smallest absolute Gasteiger partial charge is 0.416 e. The average molecular weight is 1140 g/mol. The van der Waals surface area contributed by atoms with Crippen LogP contribution < -0.4 is 26.0 Å². The lowest BCUT2D eigenvalue weighted by molar-refractivity contribution is -0.385. The summed E-state index contributed by atoms with van der Waals surface area (Å²) in [4.78, 5) is 79.2. The molecule has 0 fully saturated rings. The summed E-state index contributed by atoms with van der Waals surface area (Å²) in [6.45, 7) is 17.3. The summed E-state index contributed by atoms with van der Waals surface area (Å²) in [7, 11) is -1.47. The first-order valence-electron chi connectivity index (χ1n) is 22.8. The van der Waals surface area contributed by atoms with Crippen molar-refractivity contribution in [3.05, 3.63) is 97.3 Å². The lowest BCUT2D eigenvalue weighted by Crippen LogP contribution is -2.43. The van der Waals surface area contributed by atoms with Gasteiger partial charge in [0.1, 0.15) is 29.0 Å². The fourth-order valence-electron chi connectivity index (χ4n) is 6.05. The summed E-state index contributed by atoms with van der Waals surface area (Å²) in [5.41, 5.74) is 6.14. The topological polar surface area (TPSA) is 298 Å². The number of hydrogen-bond donors (Lipinski definition) is 5. The number of nitrogens with one attached hydrogen (secondary N) is 2. The highest BCUT2D eigenvalue weighted by molar-refractivity contribution is 7.57. The molecule has 0 saturated carbocycles. The molecule has 4 aromatic rings. The number of alkyl halides is 4. The summed E-state index contributed by atoms with van der Waals surface area (Å²) < 4.78 is 69.0. The van der Waals surface area contributed by atoms with Crippen LogP contribution in [0.3, 0.4) is 0 Å². The summed E-state index contributed by atoms with van der Waals surface area (Å²) in [5, 5.41) is 25.4. The van der Waals surface area contributed by atoms with Gasteiger partial charge in [-0.25, -0.2) is 9.59 Å². The molecule has 0 aliphatic carbocycles. The molecule has 0 aliphatic heterocycles. The molecule has 21 nitrogen and oxygen atoms in total. The number of nitro groups is 1. The molecule has 1 amide bonds. The molecule has 3 aromatic carbocycles. The number of para-hydroxylation sites is 1. The third-order valence-electron chi connectivity index (χ3n) is 9.48. The van der Waals surface area contributed by atoms with Crippen molar-refractivity contribution >= 4 is 89.3 Å². The van der Waals surface area contributed by atoms with Gasteiger partial charge in [0.2, 0.25) is 23.1 Å². The molecule has 1 heterocycles. The minimum Gasteiger partial charge on any atom is -0.480 e. The van der Waals surface area contributed by atoms with E-state index in [0.29, 0.717) is 24.6 Å². The van der Waals surface area contributed by atoms with Crippen molar-refractivity contribution in [2.75, 3.05) is 61.1 Å². The van der Waals surface area contributed by atoms with Crippen LogP contribution in [0.1, 0.15) is 81.9 Å². The Labute approximate surface area is 447 Å². The van der Waals surface area contributed by atoms with Gasteiger partial charge < -0.3 is 50.2 Å². The first kappa shape index (κ1) is 67.1. The zero-order chi connectivity index (χ0) is 57.4. The number of ether oxygens (including phenoxy) is 4. The molecule has 0 radical (unpaired) electrons. The molecule has 6 N–H and O–H groups in total. The van der Waals surface area contributed by atoms with E-state index in [9.17, 15) is 47.0 Å². The number of carbonyl (C=O) groups is 4. The molecular formula is C47H63Cl3F3N8O13P. The summed E-state index contributed by atoms with van der Waals surface area (Å²) in [6.07, 6.45) is -5.06. The minimum atomic E-state index is -4.61. The molecule has 4 rings (SSSR count). The second-order valence-corrected chi connectivity index (χ2v) is 19.8. The van der Waals surface area contributed by atoms with Crippen molar-refractivity contribution in [3.63, 3.8) is 0 Å². The third kappa shape index (κ3) is 24.1. The van der Waals surface area contributed by atoms with E-state index in [1.807, 2.05) is 46.8 Å². The van der Waals surface area contributed by atoms with Gasteiger partial charge in [-0.05, 0) is 108 Å². The number of aliphatic carboxylic acids is 1. The molecule has 4 atom stereocenters. The van der Waals surface area contributed by atoms with Gasteiger partial charge in [0.25, 0.3) is 5.69 Å².